The lowest BCUT2D eigenvalue weighted by Gasteiger charge is -2.15. The van der Waals surface area contributed by atoms with Crippen LogP contribution in [0.3, 0.4) is 0 Å². The van der Waals surface area contributed by atoms with E-state index in [1.165, 1.54) is 6.20 Å². The maximum absolute atomic E-state index is 12.3. The average molecular weight is 424 g/mol. The summed E-state index contributed by atoms with van der Waals surface area (Å²) < 4.78 is 43.5. The molecule has 2 N–H and O–H groups in total. The van der Waals surface area contributed by atoms with Gasteiger partial charge in [-0.1, -0.05) is 29.3 Å². The number of ether oxygens (including phenoxy) is 1. The third-order valence-electron chi connectivity index (χ3n) is 3.55. The summed E-state index contributed by atoms with van der Waals surface area (Å²) in [5.74, 6) is 0.354. The zero-order chi connectivity index (χ0) is 20.0. The predicted molar refractivity (Wildman–Crippen MR) is 98.3 cm³/mol. The normalized spacial score (nSPS) is 12.2. The van der Waals surface area contributed by atoms with E-state index in [9.17, 15) is 13.2 Å². The molecule has 0 bridgehead atoms. The number of rotatable bonds is 6. The van der Waals surface area contributed by atoms with Gasteiger partial charge < -0.3 is 19.9 Å². The SMILES string of the molecule is CN=C(NCc1cccnc1OCC(F)(F)F)NCc1cc(Cl)c(Cl)n1C. The standard InChI is InChI=1S/C16H18Cl2F3N5O/c1-22-15(25-8-11-6-12(17)13(18)26(11)2)24-7-10-4-3-5-23-14(10)27-9-16(19,20)21/h3-6H,7-9H2,1-2H3,(H2,22,24,25). The number of aromatic nitrogens is 2. The van der Waals surface area contributed by atoms with Crippen LogP contribution in [0, 0.1) is 0 Å². The first kappa shape index (κ1) is 21.2. The van der Waals surface area contributed by atoms with Crippen LogP contribution in [0.15, 0.2) is 29.4 Å². The molecule has 2 rings (SSSR count). The Bertz CT molecular complexity index is 808. The Hall–Kier alpha value is -2.13. The molecule has 0 aliphatic rings. The second-order valence-corrected chi connectivity index (χ2v) is 6.25. The largest absolute Gasteiger partial charge is 0.468 e. The van der Waals surface area contributed by atoms with Gasteiger partial charge in [0, 0.05) is 38.1 Å². The molecule has 0 radical (unpaired) electrons. The molecule has 2 aromatic rings. The summed E-state index contributed by atoms with van der Waals surface area (Å²) >= 11 is 12.0. The minimum atomic E-state index is -4.43. The Balaban J connectivity index is 1.95. The summed E-state index contributed by atoms with van der Waals surface area (Å²) in [7, 11) is 3.35. The zero-order valence-corrected chi connectivity index (χ0v) is 16.1. The summed E-state index contributed by atoms with van der Waals surface area (Å²) in [4.78, 5) is 7.92. The third-order valence-corrected chi connectivity index (χ3v) is 4.39. The van der Waals surface area contributed by atoms with Crippen molar-refractivity contribution in [2.45, 2.75) is 19.3 Å². The molecule has 0 aliphatic carbocycles. The molecule has 0 aliphatic heterocycles. The van der Waals surface area contributed by atoms with Crippen LogP contribution < -0.4 is 15.4 Å². The number of hydrogen-bond acceptors (Lipinski definition) is 3. The molecule has 0 amide bonds. The number of guanidine groups is 1. The minimum absolute atomic E-state index is 0.0845. The first-order chi connectivity index (χ1) is 12.7. The van der Waals surface area contributed by atoms with Gasteiger partial charge in [-0.2, -0.15) is 13.2 Å². The molecule has 2 heterocycles. The molecule has 0 unspecified atom stereocenters. The van der Waals surface area contributed by atoms with Crippen LogP contribution in [0.1, 0.15) is 11.3 Å². The van der Waals surface area contributed by atoms with Crippen molar-refractivity contribution in [3.63, 3.8) is 0 Å². The molecule has 0 atom stereocenters. The Morgan fingerprint density at radius 2 is 2.00 bits per heavy atom. The Labute approximate surface area is 164 Å². The number of hydrogen-bond donors (Lipinski definition) is 2. The predicted octanol–water partition coefficient (Wildman–Crippen LogP) is 3.53. The highest BCUT2D eigenvalue weighted by atomic mass is 35.5. The van der Waals surface area contributed by atoms with Gasteiger partial charge in [0.2, 0.25) is 5.88 Å². The van der Waals surface area contributed by atoms with E-state index in [-0.39, 0.29) is 12.4 Å². The lowest BCUT2D eigenvalue weighted by molar-refractivity contribution is -0.154. The first-order valence-corrected chi connectivity index (χ1v) is 8.54. The first-order valence-electron chi connectivity index (χ1n) is 7.79. The number of nitrogens with one attached hydrogen (secondary N) is 2. The van der Waals surface area contributed by atoms with Crippen molar-refractivity contribution in [1.29, 1.82) is 0 Å². The molecular formula is C16H18Cl2F3N5O. The van der Waals surface area contributed by atoms with Crippen LogP contribution in [-0.4, -0.2) is 35.3 Å². The van der Waals surface area contributed by atoms with Gasteiger partial charge in [-0.05, 0) is 12.1 Å². The number of alkyl halides is 3. The fourth-order valence-corrected chi connectivity index (χ4v) is 2.59. The maximum atomic E-state index is 12.3. The number of aliphatic imine (C=N–C) groups is 1. The van der Waals surface area contributed by atoms with Crippen LogP contribution >= 0.6 is 23.2 Å². The molecule has 0 fully saturated rings. The smallest absolute Gasteiger partial charge is 0.422 e. The second kappa shape index (κ2) is 9.18. The molecular weight excluding hydrogens is 406 g/mol. The second-order valence-electron chi connectivity index (χ2n) is 5.48. The van der Waals surface area contributed by atoms with E-state index in [1.807, 2.05) is 0 Å². The zero-order valence-electron chi connectivity index (χ0n) is 14.6. The van der Waals surface area contributed by atoms with E-state index < -0.39 is 12.8 Å². The third kappa shape index (κ3) is 6.21. The Kier molecular flexibility index (Phi) is 7.20. The quantitative estimate of drug-likeness (QED) is 0.550. The van der Waals surface area contributed by atoms with Crippen LogP contribution in [0.25, 0.3) is 0 Å². The van der Waals surface area contributed by atoms with Crippen LogP contribution in [0.2, 0.25) is 10.2 Å². The Morgan fingerprint density at radius 3 is 2.59 bits per heavy atom. The molecule has 0 saturated carbocycles. The van der Waals surface area contributed by atoms with E-state index in [2.05, 4.69) is 20.6 Å². The monoisotopic (exact) mass is 423 g/mol. The summed E-state index contributed by atoms with van der Waals surface area (Å²) in [5.41, 5.74) is 1.30. The van der Waals surface area contributed by atoms with Gasteiger partial charge >= 0.3 is 6.18 Å². The van der Waals surface area contributed by atoms with Crippen molar-refractivity contribution in [2.75, 3.05) is 13.7 Å². The molecule has 148 valence electrons. The fraction of sp³-hybridized carbons (Fsp3) is 0.375. The molecule has 11 heteroatoms. The number of nitrogens with zero attached hydrogens (tertiary/aromatic N) is 3. The van der Waals surface area contributed by atoms with Gasteiger partial charge in [0.05, 0.1) is 11.6 Å². The van der Waals surface area contributed by atoms with E-state index in [1.54, 1.807) is 36.9 Å². The maximum Gasteiger partial charge on any atom is 0.422 e. The summed E-state index contributed by atoms with van der Waals surface area (Å²) in [6, 6.07) is 4.96. The van der Waals surface area contributed by atoms with Gasteiger partial charge in [-0.25, -0.2) is 4.98 Å². The molecule has 0 saturated heterocycles. The highest BCUT2D eigenvalue weighted by Gasteiger charge is 2.29. The van der Waals surface area contributed by atoms with Gasteiger partial charge in [-0.3, -0.25) is 4.99 Å². The Morgan fingerprint density at radius 1 is 1.30 bits per heavy atom. The van der Waals surface area contributed by atoms with E-state index in [0.29, 0.717) is 28.2 Å². The van der Waals surface area contributed by atoms with Gasteiger partial charge in [0.15, 0.2) is 12.6 Å². The lowest BCUT2D eigenvalue weighted by Crippen LogP contribution is -2.36. The molecule has 0 aromatic carbocycles. The summed E-state index contributed by atoms with van der Waals surface area (Å²) in [6.07, 6.45) is -3.07. The van der Waals surface area contributed by atoms with Crippen LogP contribution in [0.4, 0.5) is 13.2 Å². The number of halogens is 5. The van der Waals surface area contributed by atoms with E-state index >= 15 is 0 Å². The van der Waals surface area contributed by atoms with E-state index in [0.717, 1.165) is 5.69 Å². The average Bonchev–Trinajstić information content (AvgIpc) is 2.87. The van der Waals surface area contributed by atoms with Crippen molar-refractivity contribution >= 4 is 29.2 Å². The summed E-state index contributed by atoms with van der Waals surface area (Å²) in [5, 5.41) is 6.94. The molecule has 27 heavy (non-hydrogen) atoms. The summed E-state index contributed by atoms with van der Waals surface area (Å²) in [6.45, 7) is -0.832. The van der Waals surface area contributed by atoms with Crippen molar-refractivity contribution < 1.29 is 17.9 Å². The minimum Gasteiger partial charge on any atom is -0.468 e. The van der Waals surface area contributed by atoms with Crippen LogP contribution in [-0.2, 0) is 20.1 Å². The number of pyridine rings is 1. The molecule has 2 aromatic heterocycles. The highest BCUT2D eigenvalue weighted by Crippen LogP contribution is 2.25. The van der Waals surface area contributed by atoms with Crippen molar-refractivity contribution in [2.24, 2.45) is 12.0 Å². The fourth-order valence-electron chi connectivity index (χ4n) is 2.17. The van der Waals surface area contributed by atoms with Crippen molar-refractivity contribution in [1.82, 2.24) is 20.2 Å². The lowest BCUT2D eigenvalue weighted by atomic mass is 10.2. The van der Waals surface area contributed by atoms with Gasteiger partial charge in [-0.15, -0.1) is 0 Å². The van der Waals surface area contributed by atoms with Gasteiger partial charge in [0.25, 0.3) is 0 Å². The highest BCUT2D eigenvalue weighted by molar-refractivity contribution is 6.41. The van der Waals surface area contributed by atoms with Crippen molar-refractivity contribution in [3.05, 3.63) is 45.8 Å². The van der Waals surface area contributed by atoms with Gasteiger partial charge in [0.1, 0.15) is 5.15 Å². The van der Waals surface area contributed by atoms with Crippen LogP contribution in [0.5, 0.6) is 5.88 Å². The topological polar surface area (TPSA) is 63.5 Å². The van der Waals surface area contributed by atoms with Crippen molar-refractivity contribution in [3.8, 4) is 5.88 Å². The van der Waals surface area contributed by atoms with E-state index in [4.69, 9.17) is 27.9 Å². The molecule has 0 spiro atoms. The molecule has 6 nitrogen and oxygen atoms in total.